The molecule has 0 saturated carbocycles. The molecule has 0 atom stereocenters. The minimum atomic E-state index is 0.730. The van der Waals surface area contributed by atoms with Gasteiger partial charge in [0.1, 0.15) is 5.76 Å². The fraction of sp³-hybridized carbons (Fsp3) is 0.421. The van der Waals surface area contributed by atoms with E-state index in [1.807, 2.05) is 37.1 Å². The molecule has 4 rings (SSSR count). The number of aromatic nitrogens is 4. The van der Waals surface area contributed by atoms with E-state index in [1.54, 1.807) is 6.20 Å². The standard InChI is InChI=1S/C19H23BrN6O/c20-18-4-3-17(27-18)14-25(10-9-24-8-5-21-15-24)13-16-11-22-19(23-12-16)26-6-1-2-7-26/h3-5,8,11-12,15H,1-2,6-7,9-10,13-14H2. The molecule has 0 amide bonds. The Morgan fingerprint density at radius 2 is 1.93 bits per heavy atom. The van der Waals surface area contributed by atoms with Crippen LogP contribution < -0.4 is 4.90 Å². The molecule has 1 saturated heterocycles. The Morgan fingerprint density at radius 3 is 2.59 bits per heavy atom. The molecular weight excluding hydrogens is 408 g/mol. The van der Waals surface area contributed by atoms with E-state index in [0.29, 0.717) is 0 Å². The maximum Gasteiger partial charge on any atom is 0.225 e. The van der Waals surface area contributed by atoms with Gasteiger partial charge in [-0.1, -0.05) is 0 Å². The van der Waals surface area contributed by atoms with Crippen LogP contribution in [0.15, 0.2) is 52.3 Å². The third-order valence-electron chi connectivity index (χ3n) is 4.73. The maximum atomic E-state index is 5.69. The van der Waals surface area contributed by atoms with Gasteiger partial charge in [-0.05, 0) is 40.9 Å². The molecule has 0 unspecified atom stereocenters. The highest BCUT2D eigenvalue weighted by molar-refractivity contribution is 9.10. The lowest BCUT2D eigenvalue weighted by atomic mass is 10.3. The fourth-order valence-corrected chi connectivity index (χ4v) is 3.66. The largest absolute Gasteiger partial charge is 0.453 e. The molecule has 8 heteroatoms. The molecule has 0 aliphatic carbocycles. The molecule has 27 heavy (non-hydrogen) atoms. The molecular formula is C19H23BrN6O. The van der Waals surface area contributed by atoms with Crippen LogP contribution in [0.3, 0.4) is 0 Å². The van der Waals surface area contributed by atoms with Crippen molar-refractivity contribution in [3.8, 4) is 0 Å². The lowest BCUT2D eigenvalue weighted by molar-refractivity contribution is 0.224. The molecule has 0 bridgehead atoms. The van der Waals surface area contributed by atoms with E-state index in [9.17, 15) is 0 Å². The molecule has 0 radical (unpaired) electrons. The Labute approximate surface area is 167 Å². The second-order valence-electron chi connectivity index (χ2n) is 6.80. The van der Waals surface area contributed by atoms with Gasteiger partial charge in [-0.2, -0.15) is 0 Å². The number of nitrogens with zero attached hydrogens (tertiary/aromatic N) is 6. The second kappa shape index (κ2) is 8.67. The fourth-order valence-electron chi connectivity index (χ4n) is 3.32. The van der Waals surface area contributed by atoms with Crippen LogP contribution in [0.4, 0.5) is 5.95 Å². The van der Waals surface area contributed by atoms with E-state index >= 15 is 0 Å². The summed E-state index contributed by atoms with van der Waals surface area (Å²) in [5.41, 5.74) is 1.11. The van der Waals surface area contributed by atoms with Crippen molar-refractivity contribution in [3.63, 3.8) is 0 Å². The van der Waals surface area contributed by atoms with Crippen LogP contribution in [0.2, 0.25) is 0 Å². The second-order valence-corrected chi connectivity index (χ2v) is 7.58. The lowest BCUT2D eigenvalue weighted by Gasteiger charge is -2.22. The van der Waals surface area contributed by atoms with Crippen molar-refractivity contribution in [1.29, 1.82) is 0 Å². The molecule has 4 heterocycles. The van der Waals surface area contributed by atoms with Gasteiger partial charge in [0.05, 0.1) is 12.9 Å². The van der Waals surface area contributed by atoms with Crippen LogP contribution in [0.25, 0.3) is 0 Å². The van der Waals surface area contributed by atoms with Gasteiger partial charge in [-0.3, -0.25) is 4.90 Å². The summed E-state index contributed by atoms with van der Waals surface area (Å²) in [4.78, 5) is 17.9. The van der Waals surface area contributed by atoms with Gasteiger partial charge < -0.3 is 13.9 Å². The average molecular weight is 431 g/mol. The van der Waals surface area contributed by atoms with Gasteiger partial charge in [0, 0.05) is 63.1 Å². The molecule has 3 aromatic heterocycles. The predicted molar refractivity (Wildman–Crippen MR) is 106 cm³/mol. The minimum absolute atomic E-state index is 0.730. The summed E-state index contributed by atoms with van der Waals surface area (Å²) in [7, 11) is 0. The van der Waals surface area contributed by atoms with Crippen molar-refractivity contribution in [3.05, 3.63) is 59.2 Å². The van der Waals surface area contributed by atoms with E-state index in [1.165, 1.54) is 12.8 Å². The Hall–Kier alpha value is -2.19. The maximum absolute atomic E-state index is 5.69. The van der Waals surface area contributed by atoms with Gasteiger partial charge >= 0.3 is 0 Å². The summed E-state index contributed by atoms with van der Waals surface area (Å²) in [5.74, 6) is 1.78. The SMILES string of the molecule is Brc1ccc(CN(CCn2ccnc2)Cc2cnc(N3CCCC3)nc2)o1. The number of halogens is 1. The van der Waals surface area contributed by atoms with E-state index < -0.39 is 0 Å². The van der Waals surface area contributed by atoms with E-state index in [-0.39, 0.29) is 0 Å². The Bertz CT molecular complexity index is 826. The Kier molecular flexibility index (Phi) is 5.84. The van der Waals surface area contributed by atoms with Crippen LogP contribution in [-0.2, 0) is 19.6 Å². The smallest absolute Gasteiger partial charge is 0.225 e. The molecule has 1 fully saturated rings. The van der Waals surface area contributed by atoms with Crippen LogP contribution in [0, 0.1) is 0 Å². The normalized spacial score (nSPS) is 14.4. The van der Waals surface area contributed by atoms with E-state index in [4.69, 9.17) is 4.42 Å². The molecule has 0 spiro atoms. The van der Waals surface area contributed by atoms with Crippen molar-refractivity contribution in [2.75, 3.05) is 24.5 Å². The lowest BCUT2D eigenvalue weighted by Crippen LogP contribution is -2.27. The molecule has 0 aromatic carbocycles. The zero-order valence-corrected chi connectivity index (χ0v) is 16.8. The first-order valence-corrected chi connectivity index (χ1v) is 10.0. The van der Waals surface area contributed by atoms with E-state index in [0.717, 1.165) is 61.2 Å². The number of furan rings is 1. The zero-order chi connectivity index (χ0) is 18.5. The highest BCUT2D eigenvalue weighted by Crippen LogP contribution is 2.18. The number of hydrogen-bond acceptors (Lipinski definition) is 6. The highest BCUT2D eigenvalue weighted by Gasteiger charge is 2.15. The summed E-state index contributed by atoms with van der Waals surface area (Å²) in [5, 5.41) is 0. The molecule has 142 valence electrons. The summed E-state index contributed by atoms with van der Waals surface area (Å²) in [6.07, 6.45) is 12.0. The van der Waals surface area contributed by atoms with Gasteiger partial charge in [0.15, 0.2) is 4.67 Å². The zero-order valence-electron chi connectivity index (χ0n) is 15.2. The molecule has 0 N–H and O–H groups in total. The van der Waals surface area contributed by atoms with Crippen LogP contribution in [0.1, 0.15) is 24.2 Å². The summed E-state index contributed by atoms with van der Waals surface area (Å²) in [6.45, 7) is 5.37. The summed E-state index contributed by atoms with van der Waals surface area (Å²) < 4.78 is 8.53. The average Bonchev–Trinajstić information content (AvgIpc) is 3.44. The topological polar surface area (TPSA) is 63.2 Å². The van der Waals surface area contributed by atoms with Crippen LogP contribution in [-0.4, -0.2) is 44.1 Å². The third-order valence-corrected chi connectivity index (χ3v) is 5.15. The molecule has 1 aliphatic rings. The van der Waals surface area contributed by atoms with Gasteiger partial charge in [0.25, 0.3) is 0 Å². The number of imidazole rings is 1. The quantitative estimate of drug-likeness (QED) is 0.545. The van der Waals surface area contributed by atoms with Crippen molar-refractivity contribution in [1.82, 2.24) is 24.4 Å². The number of rotatable bonds is 8. The first kappa shape index (κ1) is 18.2. The van der Waals surface area contributed by atoms with Gasteiger partial charge in [-0.25, -0.2) is 15.0 Å². The minimum Gasteiger partial charge on any atom is -0.453 e. The third kappa shape index (κ3) is 4.95. The molecule has 7 nitrogen and oxygen atoms in total. The summed E-state index contributed by atoms with van der Waals surface area (Å²) in [6, 6.07) is 3.93. The van der Waals surface area contributed by atoms with Gasteiger partial charge in [0.2, 0.25) is 5.95 Å². The monoisotopic (exact) mass is 430 g/mol. The number of hydrogen-bond donors (Lipinski definition) is 0. The molecule has 1 aliphatic heterocycles. The molecule has 3 aromatic rings. The van der Waals surface area contributed by atoms with Crippen molar-refractivity contribution in [2.24, 2.45) is 0 Å². The summed E-state index contributed by atoms with van der Waals surface area (Å²) >= 11 is 3.38. The predicted octanol–water partition coefficient (Wildman–Crippen LogP) is 3.33. The Morgan fingerprint density at radius 1 is 1.11 bits per heavy atom. The van der Waals surface area contributed by atoms with Crippen molar-refractivity contribution in [2.45, 2.75) is 32.5 Å². The Balaban J connectivity index is 1.42. The van der Waals surface area contributed by atoms with Crippen LogP contribution in [0.5, 0.6) is 0 Å². The number of anilines is 1. The van der Waals surface area contributed by atoms with E-state index in [2.05, 4.69) is 45.2 Å². The van der Waals surface area contributed by atoms with Crippen LogP contribution >= 0.6 is 15.9 Å². The first-order valence-electron chi connectivity index (χ1n) is 9.24. The first-order chi connectivity index (χ1) is 13.3. The van der Waals surface area contributed by atoms with Gasteiger partial charge in [-0.15, -0.1) is 0 Å². The van der Waals surface area contributed by atoms with Crippen molar-refractivity contribution >= 4 is 21.9 Å². The van der Waals surface area contributed by atoms with Crippen molar-refractivity contribution < 1.29 is 4.42 Å². The highest BCUT2D eigenvalue weighted by atomic mass is 79.9.